The first-order valence-electron chi connectivity index (χ1n) is 5.65. The molecular formula is C13H15ClF2. The molecule has 0 saturated heterocycles. The molecule has 1 aliphatic rings. The molecule has 0 unspecified atom stereocenters. The minimum Gasteiger partial charge on any atom is -0.207 e. The van der Waals surface area contributed by atoms with Gasteiger partial charge in [-0.15, -0.1) is 11.6 Å². The summed E-state index contributed by atoms with van der Waals surface area (Å²) < 4.78 is 26.1. The third-order valence-electron chi connectivity index (χ3n) is 3.45. The van der Waals surface area contributed by atoms with E-state index in [2.05, 4.69) is 0 Å². The highest BCUT2D eigenvalue weighted by Gasteiger charge is 2.33. The van der Waals surface area contributed by atoms with Crippen LogP contribution in [0.5, 0.6) is 0 Å². The van der Waals surface area contributed by atoms with Crippen molar-refractivity contribution < 1.29 is 8.78 Å². The Hall–Kier alpha value is -0.630. The Bertz CT molecular complexity index is 350. The molecule has 1 saturated carbocycles. The smallest absolute Gasteiger partial charge is 0.126 e. The Balaban J connectivity index is 2.18. The van der Waals surface area contributed by atoms with Gasteiger partial charge in [0.1, 0.15) is 11.6 Å². The van der Waals surface area contributed by atoms with Crippen LogP contribution >= 0.6 is 11.6 Å². The van der Waals surface area contributed by atoms with Gasteiger partial charge >= 0.3 is 0 Å². The maximum Gasteiger partial charge on any atom is 0.126 e. The Morgan fingerprint density at radius 3 is 2.12 bits per heavy atom. The van der Waals surface area contributed by atoms with Crippen LogP contribution in [0.25, 0.3) is 0 Å². The van der Waals surface area contributed by atoms with Gasteiger partial charge < -0.3 is 0 Å². The number of hydrogen-bond donors (Lipinski definition) is 0. The van der Waals surface area contributed by atoms with Crippen molar-refractivity contribution in [2.45, 2.75) is 32.1 Å². The number of halogens is 3. The summed E-state index contributed by atoms with van der Waals surface area (Å²) in [5.41, 5.74) is 0.780. The van der Waals surface area contributed by atoms with Crippen LogP contribution in [0.2, 0.25) is 0 Å². The first kappa shape index (κ1) is 11.8. The Morgan fingerprint density at radius 2 is 1.62 bits per heavy atom. The summed E-state index contributed by atoms with van der Waals surface area (Å²) in [6.07, 6.45) is 5.16. The van der Waals surface area contributed by atoms with Gasteiger partial charge in [0.15, 0.2) is 0 Å². The second-order valence-corrected chi connectivity index (χ2v) is 5.06. The van der Waals surface area contributed by atoms with Gasteiger partial charge in [0.25, 0.3) is 0 Å². The zero-order chi connectivity index (χ0) is 11.6. The van der Waals surface area contributed by atoms with Crippen molar-refractivity contribution in [3.8, 4) is 0 Å². The van der Waals surface area contributed by atoms with Gasteiger partial charge in [-0.25, -0.2) is 8.78 Å². The van der Waals surface area contributed by atoms with Crippen LogP contribution in [0.3, 0.4) is 0 Å². The average molecular weight is 245 g/mol. The predicted molar refractivity (Wildman–Crippen MR) is 61.7 cm³/mol. The van der Waals surface area contributed by atoms with Crippen LogP contribution in [0.1, 0.15) is 31.2 Å². The molecule has 16 heavy (non-hydrogen) atoms. The van der Waals surface area contributed by atoms with Gasteiger partial charge in [0, 0.05) is 11.9 Å². The molecule has 1 aromatic carbocycles. The molecule has 1 fully saturated rings. The number of alkyl halides is 1. The second kappa shape index (κ2) is 4.70. The summed E-state index contributed by atoms with van der Waals surface area (Å²) in [5.74, 6) is -0.430. The van der Waals surface area contributed by atoms with Crippen LogP contribution in [0, 0.1) is 17.0 Å². The van der Waals surface area contributed by atoms with Gasteiger partial charge in [0.05, 0.1) is 0 Å². The quantitative estimate of drug-likeness (QED) is 0.696. The summed E-state index contributed by atoms with van der Waals surface area (Å²) in [5, 5.41) is 0. The van der Waals surface area contributed by atoms with Gasteiger partial charge in [-0.3, -0.25) is 0 Å². The summed E-state index contributed by atoms with van der Waals surface area (Å²) in [7, 11) is 0. The van der Waals surface area contributed by atoms with E-state index in [1.165, 1.54) is 25.0 Å². The maximum absolute atomic E-state index is 13.1. The molecule has 0 heterocycles. The highest BCUT2D eigenvalue weighted by atomic mass is 35.5. The van der Waals surface area contributed by atoms with Crippen molar-refractivity contribution in [1.82, 2.24) is 0 Å². The molecular weight excluding hydrogens is 230 g/mol. The van der Waals surface area contributed by atoms with Crippen LogP contribution < -0.4 is 0 Å². The molecule has 2 rings (SSSR count). The highest BCUT2D eigenvalue weighted by Crippen LogP contribution is 2.41. The van der Waals surface area contributed by atoms with Gasteiger partial charge in [-0.1, -0.05) is 12.8 Å². The van der Waals surface area contributed by atoms with Crippen molar-refractivity contribution in [1.29, 1.82) is 0 Å². The first-order valence-corrected chi connectivity index (χ1v) is 6.18. The molecule has 0 amide bonds. The molecule has 1 aliphatic carbocycles. The second-order valence-electron chi connectivity index (χ2n) is 4.80. The van der Waals surface area contributed by atoms with E-state index in [0.29, 0.717) is 12.3 Å². The SMILES string of the molecule is Fc1cc(F)cc(CC2(CCl)CCCC2)c1. The topological polar surface area (TPSA) is 0 Å². The fourth-order valence-electron chi connectivity index (χ4n) is 2.63. The minimum absolute atomic E-state index is 0.0573. The Kier molecular flexibility index (Phi) is 3.48. The monoisotopic (exact) mass is 244 g/mol. The molecule has 0 radical (unpaired) electrons. The van der Waals surface area contributed by atoms with Crippen LogP contribution in [0.15, 0.2) is 18.2 Å². The lowest BCUT2D eigenvalue weighted by atomic mass is 9.82. The lowest BCUT2D eigenvalue weighted by Gasteiger charge is -2.26. The molecule has 88 valence electrons. The lowest BCUT2D eigenvalue weighted by molar-refractivity contribution is 0.340. The van der Waals surface area contributed by atoms with Crippen LogP contribution in [-0.4, -0.2) is 5.88 Å². The predicted octanol–water partition coefficient (Wildman–Crippen LogP) is 4.31. The fourth-order valence-corrected chi connectivity index (χ4v) is 2.99. The first-order chi connectivity index (χ1) is 7.63. The van der Waals surface area contributed by atoms with E-state index in [1.807, 2.05) is 0 Å². The van der Waals surface area contributed by atoms with Crippen molar-refractivity contribution >= 4 is 11.6 Å². The fraction of sp³-hybridized carbons (Fsp3) is 0.538. The van der Waals surface area contributed by atoms with E-state index in [1.54, 1.807) is 0 Å². The molecule has 0 nitrogen and oxygen atoms in total. The van der Waals surface area contributed by atoms with Crippen molar-refractivity contribution in [3.63, 3.8) is 0 Å². The van der Waals surface area contributed by atoms with Gasteiger partial charge in [-0.05, 0) is 42.4 Å². The van der Waals surface area contributed by atoms with E-state index >= 15 is 0 Å². The lowest BCUT2D eigenvalue weighted by Crippen LogP contribution is -2.21. The minimum atomic E-state index is -0.502. The normalized spacial score (nSPS) is 18.9. The van der Waals surface area contributed by atoms with Crippen LogP contribution in [0.4, 0.5) is 8.78 Å². The Labute approximate surface area is 99.6 Å². The highest BCUT2D eigenvalue weighted by molar-refractivity contribution is 6.18. The maximum atomic E-state index is 13.1. The van der Waals surface area contributed by atoms with Gasteiger partial charge in [0.2, 0.25) is 0 Å². The summed E-state index contributed by atoms with van der Waals surface area (Å²) in [6.45, 7) is 0. The van der Waals surface area contributed by atoms with E-state index in [9.17, 15) is 8.78 Å². The largest absolute Gasteiger partial charge is 0.207 e. The zero-order valence-electron chi connectivity index (χ0n) is 9.11. The molecule has 0 aromatic heterocycles. The van der Waals surface area contributed by atoms with E-state index in [0.717, 1.165) is 24.5 Å². The molecule has 1 aromatic rings. The third kappa shape index (κ3) is 2.54. The molecule has 0 bridgehead atoms. The third-order valence-corrected chi connectivity index (χ3v) is 4.02. The molecule has 0 N–H and O–H groups in total. The summed E-state index contributed by atoms with van der Waals surface area (Å²) in [6, 6.07) is 3.73. The van der Waals surface area contributed by atoms with Crippen molar-refractivity contribution in [2.75, 3.05) is 5.88 Å². The van der Waals surface area contributed by atoms with E-state index in [4.69, 9.17) is 11.6 Å². The van der Waals surface area contributed by atoms with Crippen LogP contribution in [-0.2, 0) is 6.42 Å². The number of hydrogen-bond acceptors (Lipinski definition) is 0. The van der Waals surface area contributed by atoms with E-state index in [-0.39, 0.29) is 5.41 Å². The zero-order valence-corrected chi connectivity index (χ0v) is 9.86. The standard InChI is InChI=1S/C13H15ClF2/c14-9-13(3-1-2-4-13)8-10-5-11(15)7-12(16)6-10/h5-7H,1-4,8-9H2. The number of rotatable bonds is 3. The van der Waals surface area contributed by atoms with Crippen molar-refractivity contribution in [2.24, 2.45) is 5.41 Å². The molecule has 0 aliphatic heterocycles. The summed E-state index contributed by atoms with van der Waals surface area (Å²) in [4.78, 5) is 0. The number of benzene rings is 1. The van der Waals surface area contributed by atoms with E-state index < -0.39 is 11.6 Å². The van der Waals surface area contributed by atoms with Crippen molar-refractivity contribution in [3.05, 3.63) is 35.4 Å². The Morgan fingerprint density at radius 1 is 1.06 bits per heavy atom. The summed E-state index contributed by atoms with van der Waals surface area (Å²) >= 11 is 6.01. The molecule has 0 atom stereocenters. The average Bonchev–Trinajstić information content (AvgIpc) is 2.65. The molecule has 3 heteroatoms. The van der Waals surface area contributed by atoms with Gasteiger partial charge in [-0.2, -0.15) is 0 Å². The molecule has 0 spiro atoms.